The summed E-state index contributed by atoms with van der Waals surface area (Å²) in [6.07, 6.45) is 4.06. The summed E-state index contributed by atoms with van der Waals surface area (Å²) in [4.78, 5) is 24.0. The molecule has 0 fully saturated rings. The van der Waals surface area contributed by atoms with Crippen LogP contribution < -0.4 is 20.2 Å². The summed E-state index contributed by atoms with van der Waals surface area (Å²) in [7, 11) is 0. The van der Waals surface area contributed by atoms with Gasteiger partial charge < -0.3 is 14.8 Å². The summed E-state index contributed by atoms with van der Waals surface area (Å²) < 4.78 is 10.9. The summed E-state index contributed by atoms with van der Waals surface area (Å²) in [6, 6.07) is 14.0. The Morgan fingerprint density at radius 3 is 2.62 bits per heavy atom. The fraction of sp³-hybridized carbons (Fsp3) is 0.227. The molecule has 0 aliphatic carbocycles. The molecule has 152 valence electrons. The molecule has 0 saturated heterocycles. The summed E-state index contributed by atoms with van der Waals surface area (Å²) in [6.45, 7) is 6.46. The second-order valence-electron chi connectivity index (χ2n) is 6.02. The zero-order valence-electron chi connectivity index (χ0n) is 16.4. The van der Waals surface area contributed by atoms with Crippen molar-refractivity contribution in [1.29, 1.82) is 0 Å². The summed E-state index contributed by atoms with van der Waals surface area (Å²) in [5.41, 5.74) is 3.58. The predicted molar refractivity (Wildman–Crippen MR) is 112 cm³/mol. The Bertz CT molecular complexity index is 847. The molecular weight excluding hydrogens is 370 g/mol. The number of nitrogens with zero attached hydrogens (tertiary/aromatic N) is 1. The summed E-state index contributed by atoms with van der Waals surface area (Å²) in [5, 5.41) is 6.43. The number of ether oxygens (including phenoxy) is 2. The lowest BCUT2D eigenvalue weighted by Gasteiger charge is -2.07. The van der Waals surface area contributed by atoms with Gasteiger partial charge in [-0.1, -0.05) is 31.7 Å². The van der Waals surface area contributed by atoms with Crippen molar-refractivity contribution in [2.75, 3.05) is 19.8 Å². The molecule has 7 heteroatoms. The summed E-state index contributed by atoms with van der Waals surface area (Å²) in [5.74, 6) is 0.600. The van der Waals surface area contributed by atoms with E-state index in [2.05, 4.69) is 22.4 Å². The Morgan fingerprint density at radius 1 is 1.10 bits per heavy atom. The van der Waals surface area contributed by atoms with Crippen molar-refractivity contribution in [3.63, 3.8) is 0 Å². The zero-order chi connectivity index (χ0) is 20.9. The maximum absolute atomic E-state index is 12.1. The number of benzene rings is 2. The van der Waals surface area contributed by atoms with Crippen LogP contribution in [0, 0.1) is 0 Å². The molecule has 2 aromatic carbocycles. The number of rotatable bonds is 11. The van der Waals surface area contributed by atoms with E-state index in [0.717, 1.165) is 12.0 Å². The van der Waals surface area contributed by atoms with Crippen LogP contribution in [0.5, 0.6) is 11.5 Å². The minimum Gasteiger partial charge on any atom is -0.494 e. The van der Waals surface area contributed by atoms with Crippen molar-refractivity contribution in [3.05, 3.63) is 72.3 Å². The van der Waals surface area contributed by atoms with Crippen LogP contribution in [0.2, 0.25) is 0 Å². The molecular formula is C22H25N3O4. The summed E-state index contributed by atoms with van der Waals surface area (Å²) >= 11 is 0. The van der Waals surface area contributed by atoms with Gasteiger partial charge in [-0.25, -0.2) is 5.43 Å². The fourth-order valence-electron chi connectivity index (χ4n) is 2.24. The molecule has 2 aromatic rings. The third kappa shape index (κ3) is 7.88. The molecule has 0 aliphatic rings. The van der Waals surface area contributed by atoms with E-state index in [1.807, 2.05) is 25.1 Å². The quantitative estimate of drug-likeness (QED) is 0.348. The van der Waals surface area contributed by atoms with Crippen molar-refractivity contribution in [2.24, 2.45) is 5.10 Å². The van der Waals surface area contributed by atoms with Crippen LogP contribution in [0.3, 0.4) is 0 Å². The Labute approximate surface area is 170 Å². The van der Waals surface area contributed by atoms with Crippen molar-refractivity contribution in [1.82, 2.24) is 10.7 Å². The van der Waals surface area contributed by atoms with Gasteiger partial charge in [-0.15, -0.1) is 0 Å². The number of hydrogen-bond acceptors (Lipinski definition) is 5. The van der Waals surface area contributed by atoms with Crippen LogP contribution in [0.4, 0.5) is 0 Å². The SMILES string of the molecule is C=CCOc1cccc(/C=N/NC(=O)CNC(=O)c2ccc(OCCC)cc2)c1. The van der Waals surface area contributed by atoms with Gasteiger partial charge in [-0.2, -0.15) is 5.10 Å². The van der Waals surface area contributed by atoms with Crippen molar-refractivity contribution < 1.29 is 19.1 Å². The molecule has 0 spiro atoms. The van der Waals surface area contributed by atoms with Crippen molar-refractivity contribution in [2.45, 2.75) is 13.3 Å². The highest BCUT2D eigenvalue weighted by Crippen LogP contribution is 2.13. The van der Waals surface area contributed by atoms with Crippen LogP contribution >= 0.6 is 0 Å². The average molecular weight is 395 g/mol. The molecule has 7 nitrogen and oxygen atoms in total. The number of hydrazone groups is 1. The first-order valence-electron chi connectivity index (χ1n) is 9.29. The number of carbonyl (C=O) groups excluding carboxylic acids is 2. The van der Waals surface area contributed by atoms with Gasteiger partial charge >= 0.3 is 0 Å². The van der Waals surface area contributed by atoms with E-state index >= 15 is 0 Å². The molecule has 0 aromatic heterocycles. The third-order valence-electron chi connectivity index (χ3n) is 3.63. The highest BCUT2D eigenvalue weighted by atomic mass is 16.5. The Kier molecular flexibility index (Phi) is 8.95. The fourth-order valence-corrected chi connectivity index (χ4v) is 2.24. The molecule has 0 atom stereocenters. The smallest absolute Gasteiger partial charge is 0.259 e. The predicted octanol–water partition coefficient (Wildman–Crippen LogP) is 2.92. The molecule has 2 amide bonds. The van der Waals surface area contributed by atoms with E-state index in [0.29, 0.717) is 30.3 Å². The monoisotopic (exact) mass is 395 g/mol. The molecule has 0 unspecified atom stereocenters. The molecule has 0 heterocycles. The lowest BCUT2D eigenvalue weighted by Crippen LogP contribution is -2.34. The lowest BCUT2D eigenvalue weighted by atomic mass is 10.2. The van der Waals surface area contributed by atoms with Crippen LogP contribution in [0.25, 0.3) is 0 Å². The van der Waals surface area contributed by atoms with Gasteiger partial charge in [-0.3, -0.25) is 9.59 Å². The largest absolute Gasteiger partial charge is 0.494 e. The van der Waals surface area contributed by atoms with E-state index < -0.39 is 5.91 Å². The number of hydrogen-bond donors (Lipinski definition) is 2. The van der Waals surface area contributed by atoms with E-state index in [9.17, 15) is 9.59 Å². The molecule has 0 aliphatic heterocycles. The van der Waals surface area contributed by atoms with Crippen molar-refractivity contribution >= 4 is 18.0 Å². The van der Waals surface area contributed by atoms with E-state index in [1.165, 1.54) is 6.21 Å². The first kappa shape index (κ1) is 21.7. The van der Waals surface area contributed by atoms with Crippen molar-refractivity contribution in [3.8, 4) is 11.5 Å². The maximum Gasteiger partial charge on any atom is 0.259 e. The van der Waals surface area contributed by atoms with Gasteiger partial charge in [0.2, 0.25) is 0 Å². The highest BCUT2D eigenvalue weighted by molar-refractivity contribution is 5.96. The standard InChI is InChI=1S/C22H25N3O4/c1-3-12-28-19-10-8-18(9-11-19)22(27)23-16-21(26)25-24-15-17-6-5-7-20(14-17)29-13-4-2/h4-11,14-15H,2-3,12-13,16H2,1H3,(H,23,27)(H,25,26)/b24-15+. The first-order valence-corrected chi connectivity index (χ1v) is 9.29. The number of nitrogens with one attached hydrogen (secondary N) is 2. The first-order chi connectivity index (χ1) is 14.1. The second kappa shape index (κ2) is 12.0. The third-order valence-corrected chi connectivity index (χ3v) is 3.63. The maximum atomic E-state index is 12.1. The molecule has 2 N–H and O–H groups in total. The molecule has 0 radical (unpaired) electrons. The van der Waals surface area contributed by atoms with Gasteiger partial charge in [0, 0.05) is 5.56 Å². The highest BCUT2D eigenvalue weighted by Gasteiger charge is 2.08. The average Bonchev–Trinajstić information content (AvgIpc) is 2.75. The molecule has 0 bridgehead atoms. The topological polar surface area (TPSA) is 89.0 Å². The minimum atomic E-state index is -0.434. The number of amides is 2. The Hall–Kier alpha value is -3.61. The van der Waals surface area contributed by atoms with Gasteiger partial charge in [0.15, 0.2) is 0 Å². The van der Waals surface area contributed by atoms with Crippen LogP contribution in [0.15, 0.2) is 66.3 Å². The van der Waals surface area contributed by atoms with E-state index in [-0.39, 0.29) is 12.5 Å². The van der Waals surface area contributed by atoms with Crippen LogP contribution in [0.1, 0.15) is 29.3 Å². The molecule has 2 rings (SSSR count). The normalized spacial score (nSPS) is 10.4. The van der Waals surface area contributed by atoms with Gasteiger partial charge in [0.05, 0.1) is 19.4 Å². The molecule has 0 saturated carbocycles. The number of carbonyl (C=O) groups is 2. The second-order valence-corrected chi connectivity index (χ2v) is 6.02. The minimum absolute atomic E-state index is 0.188. The van der Waals surface area contributed by atoms with Crippen LogP contribution in [-0.2, 0) is 4.79 Å². The Balaban J connectivity index is 1.77. The molecule has 29 heavy (non-hydrogen) atoms. The zero-order valence-corrected chi connectivity index (χ0v) is 16.4. The lowest BCUT2D eigenvalue weighted by molar-refractivity contribution is -0.120. The Morgan fingerprint density at radius 2 is 1.90 bits per heavy atom. The van der Waals surface area contributed by atoms with Gasteiger partial charge in [0.1, 0.15) is 18.1 Å². The van der Waals surface area contributed by atoms with E-state index in [1.54, 1.807) is 36.4 Å². The van der Waals surface area contributed by atoms with Gasteiger partial charge in [0.25, 0.3) is 11.8 Å². The van der Waals surface area contributed by atoms with Gasteiger partial charge in [-0.05, 0) is 48.4 Å². The van der Waals surface area contributed by atoms with Crippen LogP contribution in [-0.4, -0.2) is 37.8 Å². The van der Waals surface area contributed by atoms with E-state index in [4.69, 9.17) is 9.47 Å².